The Balaban J connectivity index is 1.86. The van der Waals surface area contributed by atoms with Gasteiger partial charge in [-0.1, -0.05) is 0 Å². The standard InChI is InChI=1S/C13H14N4O/c14-13(18)10-3-4-15-11(5-10)12-7-17(8-16-12)6-9-1-2-9/h3-5,7-9H,1-2,6H2,(H2,14,18). The van der Waals surface area contributed by atoms with Crippen LogP contribution in [0.1, 0.15) is 23.2 Å². The first kappa shape index (κ1) is 11.0. The number of aromatic nitrogens is 3. The Morgan fingerprint density at radius 1 is 1.39 bits per heavy atom. The summed E-state index contributed by atoms with van der Waals surface area (Å²) in [5.74, 6) is 0.355. The summed E-state index contributed by atoms with van der Waals surface area (Å²) >= 11 is 0. The number of hydrogen-bond acceptors (Lipinski definition) is 3. The minimum atomic E-state index is -0.448. The van der Waals surface area contributed by atoms with Crippen LogP contribution in [0.4, 0.5) is 0 Å². The molecule has 1 fully saturated rings. The van der Waals surface area contributed by atoms with Crippen LogP contribution in [0, 0.1) is 5.92 Å². The molecule has 1 saturated carbocycles. The molecular formula is C13H14N4O. The van der Waals surface area contributed by atoms with Gasteiger partial charge in [0.05, 0.1) is 12.0 Å². The molecule has 0 aliphatic heterocycles. The van der Waals surface area contributed by atoms with Crippen LogP contribution in [0.15, 0.2) is 30.9 Å². The number of nitrogens with zero attached hydrogens (tertiary/aromatic N) is 3. The lowest BCUT2D eigenvalue weighted by Crippen LogP contribution is -2.10. The summed E-state index contributed by atoms with van der Waals surface area (Å²) in [6, 6.07) is 3.28. The van der Waals surface area contributed by atoms with E-state index >= 15 is 0 Å². The van der Waals surface area contributed by atoms with Gasteiger partial charge in [0, 0.05) is 24.5 Å². The molecular weight excluding hydrogens is 228 g/mol. The molecule has 5 nitrogen and oxygen atoms in total. The average molecular weight is 242 g/mol. The molecule has 0 unspecified atom stereocenters. The fourth-order valence-electron chi connectivity index (χ4n) is 1.91. The second-order valence-electron chi connectivity index (χ2n) is 4.69. The molecule has 18 heavy (non-hydrogen) atoms. The van der Waals surface area contributed by atoms with Gasteiger partial charge < -0.3 is 10.3 Å². The van der Waals surface area contributed by atoms with Crippen molar-refractivity contribution in [3.63, 3.8) is 0 Å². The third-order valence-corrected chi connectivity index (χ3v) is 3.11. The van der Waals surface area contributed by atoms with E-state index in [0.717, 1.165) is 18.2 Å². The van der Waals surface area contributed by atoms with E-state index in [-0.39, 0.29) is 0 Å². The number of rotatable bonds is 4. The molecule has 0 spiro atoms. The average Bonchev–Trinajstić information content (AvgIpc) is 3.05. The van der Waals surface area contributed by atoms with Gasteiger partial charge in [-0.15, -0.1) is 0 Å². The van der Waals surface area contributed by atoms with Crippen molar-refractivity contribution in [3.05, 3.63) is 36.4 Å². The van der Waals surface area contributed by atoms with Gasteiger partial charge in [0.25, 0.3) is 0 Å². The summed E-state index contributed by atoms with van der Waals surface area (Å²) in [6.45, 7) is 1.02. The predicted molar refractivity (Wildman–Crippen MR) is 66.7 cm³/mol. The zero-order valence-electron chi connectivity index (χ0n) is 9.91. The van der Waals surface area contributed by atoms with Crippen molar-refractivity contribution in [2.75, 3.05) is 0 Å². The second kappa shape index (κ2) is 4.25. The summed E-state index contributed by atoms with van der Waals surface area (Å²) in [7, 11) is 0. The molecule has 2 heterocycles. The van der Waals surface area contributed by atoms with Crippen molar-refractivity contribution in [3.8, 4) is 11.4 Å². The lowest BCUT2D eigenvalue weighted by molar-refractivity contribution is 0.1000. The van der Waals surface area contributed by atoms with Crippen LogP contribution < -0.4 is 5.73 Å². The number of carbonyl (C=O) groups excluding carboxylic acids is 1. The SMILES string of the molecule is NC(=O)c1ccnc(-c2cn(CC3CC3)cn2)c1. The van der Waals surface area contributed by atoms with Gasteiger partial charge in [-0.2, -0.15) is 0 Å². The third kappa shape index (κ3) is 2.25. The quantitative estimate of drug-likeness (QED) is 0.881. The van der Waals surface area contributed by atoms with Crippen LogP contribution in [-0.4, -0.2) is 20.4 Å². The van der Waals surface area contributed by atoms with E-state index in [0.29, 0.717) is 11.3 Å². The summed E-state index contributed by atoms with van der Waals surface area (Å²) in [4.78, 5) is 19.6. The molecule has 0 radical (unpaired) electrons. The Labute approximate surface area is 105 Å². The third-order valence-electron chi connectivity index (χ3n) is 3.11. The Morgan fingerprint density at radius 2 is 2.22 bits per heavy atom. The highest BCUT2D eigenvalue weighted by Gasteiger charge is 2.21. The van der Waals surface area contributed by atoms with Crippen LogP contribution >= 0.6 is 0 Å². The summed E-state index contributed by atoms with van der Waals surface area (Å²) in [5.41, 5.74) is 7.16. The fourth-order valence-corrected chi connectivity index (χ4v) is 1.91. The topological polar surface area (TPSA) is 73.8 Å². The highest BCUT2D eigenvalue weighted by atomic mass is 16.1. The van der Waals surface area contributed by atoms with Gasteiger partial charge in [0.1, 0.15) is 5.69 Å². The van der Waals surface area contributed by atoms with E-state index in [1.54, 1.807) is 18.3 Å². The highest BCUT2D eigenvalue weighted by Crippen LogP contribution is 2.30. The molecule has 0 atom stereocenters. The van der Waals surface area contributed by atoms with E-state index in [1.165, 1.54) is 12.8 Å². The molecule has 0 saturated heterocycles. The van der Waals surface area contributed by atoms with Crippen molar-refractivity contribution in [2.24, 2.45) is 11.7 Å². The van der Waals surface area contributed by atoms with Crippen molar-refractivity contribution in [2.45, 2.75) is 19.4 Å². The number of pyridine rings is 1. The van der Waals surface area contributed by atoms with Crippen molar-refractivity contribution >= 4 is 5.91 Å². The number of nitrogens with two attached hydrogens (primary N) is 1. The van der Waals surface area contributed by atoms with Crippen molar-refractivity contribution in [1.29, 1.82) is 0 Å². The van der Waals surface area contributed by atoms with Crippen molar-refractivity contribution < 1.29 is 4.79 Å². The molecule has 1 aliphatic carbocycles. The first-order valence-electron chi connectivity index (χ1n) is 6.00. The number of imidazole rings is 1. The zero-order chi connectivity index (χ0) is 12.5. The molecule has 5 heteroatoms. The van der Waals surface area contributed by atoms with E-state index in [2.05, 4.69) is 14.5 Å². The van der Waals surface area contributed by atoms with Gasteiger partial charge in [-0.25, -0.2) is 4.98 Å². The Morgan fingerprint density at radius 3 is 2.94 bits per heavy atom. The number of carbonyl (C=O) groups is 1. The maximum absolute atomic E-state index is 11.1. The summed E-state index contributed by atoms with van der Waals surface area (Å²) in [5, 5.41) is 0. The summed E-state index contributed by atoms with van der Waals surface area (Å²) in [6.07, 6.45) is 7.97. The van der Waals surface area contributed by atoms with E-state index in [9.17, 15) is 4.79 Å². The lowest BCUT2D eigenvalue weighted by atomic mass is 10.2. The Hall–Kier alpha value is -2.17. The Bertz CT molecular complexity index is 586. The van der Waals surface area contributed by atoms with Gasteiger partial charge in [0.2, 0.25) is 5.91 Å². The van der Waals surface area contributed by atoms with Crippen LogP contribution in [0.25, 0.3) is 11.4 Å². The van der Waals surface area contributed by atoms with Gasteiger partial charge in [0.15, 0.2) is 0 Å². The first-order valence-corrected chi connectivity index (χ1v) is 6.00. The van der Waals surface area contributed by atoms with Gasteiger partial charge in [-0.05, 0) is 30.9 Å². The molecule has 2 N–H and O–H groups in total. The fraction of sp³-hybridized carbons (Fsp3) is 0.308. The normalized spacial score (nSPS) is 14.7. The highest BCUT2D eigenvalue weighted by molar-refractivity contribution is 5.93. The minimum Gasteiger partial charge on any atom is -0.366 e. The number of amides is 1. The maximum Gasteiger partial charge on any atom is 0.248 e. The van der Waals surface area contributed by atoms with Crippen LogP contribution in [0.3, 0.4) is 0 Å². The number of hydrogen-bond donors (Lipinski definition) is 1. The second-order valence-corrected chi connectivity index (χ2v) is 4.69. The van der Waals surface area contributed by atoms with Gasteiger partial charge >= 0.3 is 0 Å². The van der Waals surface area contributed by atoms with E-state index < -0.39 is 5.91 Å². The molecule has 2 aromatic heterocycles. The first-order chi connectivity index (χ1) is 8.72. The smallest absolute Gasteiger partial charge is 0.248 e. The Kier molecular flexibility index (Phi) is 2.59. The monoisotopic (exact) mass is 242 g/mol. The molecule has 2 aromatic rings. The molecule has 92 valence electrons. The molecule has 0 bridgehead atoms. The minimum absolute atomic E-state index is 0.448. The predicted octanol–water partition coefficient (Wildman–Crippen LogP) is 1.45. The van der Waals surface area contributed by atoms with E-state index in [1.807, 2.05) is 12.5 Å². The van der Waals surface area contributed by atoms with Gasteiger partial charge in [-0.3, -0.25) is 9.78 Å². The summed E-state index contributed by atoms with van der Waals surface area (Å²) < 4.78 is 2.08. The maximum atomic E-state index is 11.1. The van der Waals surface area contributed by atoms with Crippen molar-refractivity contribution in [1.82, 2.24) is 14.5 Å². The molecule has 0 aromatic carbocycles. The zero-order valence-corrected chi connectivity index (χ0v) is 9.91. The van der Waals surface area contributed by atoms with E-state index in [4.69, 9.17) is 5.73 Å². The lowest BCUT2D eigenvalue weighted by Gasteiger charge is -1.99. The van der Waals surface area contributed by atoms with Crippen LogP contribution in [0.2, 0.25) is 0 Å². The molecule has 1 aliphatic rings. The van der Waals surface area contributed by atoms with Crippen LogP contribution in [-0.2, 0) is 6.54 Å². The molecule has 1 amide bonds. The number of primary amides is 1. The van der Waals surface area contributed by atoms with Crippen LogP contribution in [0.5, 0.6) is 0 Å². The molecule has 3 rings (SSSR count). The largest absolute Gasteiger partial charge is 0.366 e.